The first kappa shape index (κ1) is 20.0. The third-order valence-electron chi connectivity index (χ3n) is 7.95. The van der Waals surface area contributed by atoms with E-state index >= 15 is 0 Å². The van der Waals surface area contributed by atoms with Crippen molar-refractivity contribution in [2.75, 3.05) is 0 Å². The molecule has 0 aromatic heterocycles. The summed E-state index contributed by atoms with van der Waals surface area (Å²) in [6, 6.07) is 11.0. The molecule has 0 heterocycles. The lowest BCUT2D eigenvalue weighted by atomic mass is 9.75. The molecule has 1 unspecified atom stereocenters. The predicted octanol–water partition coefficient (Wildman–Crippen LogP) is 8.10. The monoisotopic (exact) mass is 381 g/mol. The molecule has 0 heteroatoms. The van der Waals surface area contributed by atoms with Gasteiger partial charge in [0.1, 0.15) is 0 Å². The zero-order valence-electron chi connectivity index (χ0n) is 19.5. The first-order valence-corrected chi connectivity index (χ1v) is 10.8. The fourth-order valence-electron chi connectivity index (χ4n) is 5.60. The average Bonchev–Trinajstić information content (AvgIpc) is 3.11. The van der Waals surface area contributed by atoms with Gasteiger partial charge in [-0.25, -0.2) is 0 Å². The predicted molar refractivity (Wildman–Crippen MR) is 126 cm³/mol. The molecule has 0 fully saturated rings. The lowest BCUT2D eigenvalue weighted by Crippen LogP contribution is -2.14. The van der Waals surface area contributed by atoms with E-state index in [9.17, 15) is 0 Å². The lowest BCUT2D eigenvalue weighted by molar-refractivity contribution is 0.840. The van der Waals surface area contributed by atoms with Crippen molar-refractivity contribution in [2.24, 2.45) is 0 Å². The number of hydrogen-bond acceptors (Lipinski definition) is 0. The summed E-state index contributed by atoms with van der Waals surface area (Å²) in [6.45, 7) is 20.8. The summed E-state index contributed by atoms with van der Waals surface area (Å²) in [5.41, 5.74) is 19.0. The van der Waals surface area contributed by atoms with Gasteiger partial charge in [-0.3, -0.25) is 0 Å². The van der Waals surface area contributed by atoms with E-state index < -0.39 is 0 Å². The maximum absolute atomic E-state index is 2.37. The molecule has 149 valence electrons. The number of hydrogen-bond donors (Lipinski definition) is 0. The maximum Gasteiger partial charge on any atom is 0.0373 e. The van der Waals surface area contributed by atoms with Crippen LogP contribution in [0.2, 0.25) is 0 Å². The van der Waals surface area contributed by atoms with E-state index in [4.69, 9.17) is 0 Å². The van der Waals surface area contributed by atoms with E-state index in [0.717, 1.165) is 0 Å². The first-order valence-electron chi connectivity index (χ1n) is 10.8. The van der Waals surface area contributed by atoms with Crippen LogP contribution in [0.15, 0.2) is 58.2 Å². The van der Waals surface area contributed by atoms with E-state index in [1.807, 2.05) is 0 Å². The van der Waals surface area contributed by atoms with Gasteiger partial charge in [-0.2, -0.15) is 0 Å². The van der Waals surface area contributed by atoms with Crippen LogP contribution in [0, 0.1) is 33.6 Å². The van der Waals surface area contributed by atoms with Crippen LogP contribution in [0.4, 0.5) is 0 Å². The normalized spacial score (nSPS) is 19.7. The second kappa shape index (κ2) is 6.87. The highest BCUT2D eigenvalue weighted by atomic mass is 14.4. The molecule has 1 radical (unpaired) electrons. The van der Waals surface area contributed by atoms with Gasteiger partial charge >= 0.3 is 0 Å². The molecule has 0 N–H and O–H groups in total. The molecule has 0 aliphatic heterocycles. The van der Waals surface area contributed by atoms with Crippen molar-refractivity contribution in [2.45, 2.75) is 68.2 Å². The van der Waals surface area contributed by atoms with Crippen molar-refractivity contribution in [1.82, 2.24) is 0 Å². The van der Waals surface area contributed by atoms with Crippen LogP contribution < -0.4 is 0 Å². The van der Waals surface area contributed by atoms with E-state index in [1.54, 1.807) is 0 Å². The Morgan fingerprint density at radius 1 is 0.552 bits per heavy atom. The Balaban J connectivity index is 2.09. The van der Waals surface area contributed by atoms with Crippen LogP contribution in [0.3, 0.4) is 0 Å². The Bertz CT molecular complexity index is 1090. The summed E-state index contributed by atoms with van der Waals surface area (Å²) < 4.78 is 0. The zero-order chi connectivity index (χ0) is 21.2. The highest BCUT2D eigenvalue weighted by Crippen LogP contribution is 2.57. The van der Waals surface area contributed by atoms with Crippen LogP contribution in [-0.4, -0.2) is 0 Å². The fraction of sp³-hybridized carbons (Fsp3) is 0.345. The van der Waals surface area contributed by atoms with Gasteiger partial charge in [-0.1, -0.05) is 47.1 Å². The first-order chi connectivity index (χ1) is 13.7. The molecule has 0 nitrogen and oxygen atoms in total. The highest BCUT2D eigenvalue weighted by Gasteiger charge is 2.42. The molecular weight excluding hydrogens is 348 g/mol. The summed E-state index contributed by atoms with van der Waals surface area (Å²) >= 11 is 0. The third-order valence-corrected chi connectivity index (χ3v) is 7.95. The van der Waals surface area contributed by atoms with Crippen LogP contribution in [0.25, 0.3) is 5.57 Å². The summed E-state index contributed by atoms with van der Waals surface area (Å²) in [5.74, 6) is 1.89. The molecule has 4 rings (SSSR count). The Hall–Kier alpha value is -2.34. The van der Waals surface area contributed by atoms with Crippen molar-refractivity contribution in [3.05, 3.63) is 103 Å². The van der Waals surface area contributed by atoms with Gasteiger partial charge < -0.3 is 0 Å². The Kier molecular flexibility index (Phi) is 4.73. The number of benzene rings is 2. The van der Waals surface area contributed by atoms with E-state index in [-0.39, 0.29) is 0 Å². The van der Waals surface area contributed by atoms with E-state index in [1.165, 1.54) is 78.3 Å². The van der Waals surface area contributed by atoms with Gasteiger partial charge in [-0.05, 0) is 118 Å². The molecule has 0 saturated heterocycles. The summed E-state index contributed by atoms with van der Waals surface area (Å²) in [7, 11) is 0. The van der Waals surface area contributed by atoms with Gasteiger partial charge in [0.25, 0.3) is 0 Å². The fourth-order valence-corrected chi connectivity index (χ4v) is 5.60. The minimum atomic E-state index is 0.352. The molecular formula is C29H33. The van der Waals surface area contributed by atoms with Crippen LogP contribution in [0.5, 0.6) is 0 Å². The second-order valence-corrected chi connectivity index (χ2v) is 9.06. The summed E-state index contributed by atoms with van der Waals surface area (Å²) in [4.78, 5) is 0. The van der Waals surface area contributed by atoms with Gasteiger partial charge in [0, 0.05) is 11.8 Å². The van der Waals surface area contributed by atoms with E-state index in [0.29, 0.717) is 5.92 Å². The van der Waals surface area contributed by atoms with Gasteiger partial charge in [-0.15, -0.1) is 0 Å². The minimum Gasteiger partial charge on any atom is -0.0622 e. The largest absolute Gasteiger partial charge is 0.0622 e. The highest BCUT2D eigenvalue weighted by molar-refractivity contribution is 5.93. The van der Waals surface area contributed by atoms with Crippen molar-refractivity contribution in [3.63, 3.8) is 0 Å². The maximum atomic E-state index is 2.37. The minimum absolute atomic E-state index is 0.352. The van der Waals surface area contributed by atoms with Crippen LogP contribution >= 0.6 is 0 Å². The topological polar surface area (TPSA) is 0 Å². The zero-order valence-corrected chi connectivity index (χ0v) is 19.5. The van der Waals surface area contributed by atoms with Gasteiger partial charge in [0.05, 0.1) is 0 Å². The van der Waals surface area contributed by atoms with Crippen molar-refractivity contribution in [3.8, 4) is 0 Å². The van der Waals surface area contributed by atoms with Crippen molar-refractivity contribution < 1.29 is 0 Å². The molecule has 2 aliphatic carbocycles. The van der Waals surface area contributed by atoms with Crippen LogP contribution in [-0.2, 0) is 0 Å². The lowest BCUT2D eigenvalue weighted by Gasteiger charge is -2.28. The molecule has 2 aromatic rings. The molecule has 1 atom stereocenters. The molecule has 0 saturated carbocycles. The standard InChI is InChI=1S/C29H33/c1-15-16(2)20(6)25(19(15)5)29-23(9)26(24-13-11-10-12-14-24)27-21(7)17(3)18(4)22(8)28(27)29/h10-14,29H,1-9H3. The third kappa shape index (κ3) is 2.65. The second-order valence-electron chi connectivity index (χ2n) is 9.06. The summed E-state index contributed by atoms with van der Waals surface area (Å²) in [6.07, 6.45) is 0. The van der Waals surface area contributed by atoms with E-state index in [2.05, 4.69) is 92.6 Å². The molecule has 0 amide bonds. The Morgan fingerprint density at radius 3 is 1.62 bits per heavy atom. The van der Waals surface area contributed by atoms with Gasteiger partial charge in [0.15, 0.2) is 0 Å². The van der Waals surface area contributed by atoms with Gasteiger partial charge in [0.2, 0.25) is 0 Å². The molecule has 29 heavy (non-hydrogen) atoms. The van der Waals surface area contributed by atoms with Crippen molar-refractivity contribution >= 4 is 5.57 Å². The average molecular weight is 382 g/mol. The van der Waals surface area contributed by atoms with Crippen molar-refractivity contribution in [1.29, 1.82) is 0 Å². The Morgan fingerprint density at radius 2 is 1.07 bits per heavy atom. The molecule has 2 aliphatic rings. The number of fused-ring (bicyclic) bond motifs is 1. The molecule has 0 spiro atoms. The van der Waals surface area contributed by atoms with Crippen LogP contribution in [0.1, 0.15) is 79.5 Å². The molecule has 2 aromatic carbocycles. The SMILES string of the molecule is CC1=C(C)C(C)=C(C)[C]1C1C(C)=C(c2ccccc2)c2c(C)c(C)c(C)c(C)c21. The Labute approximate surface area is 177 Å². The molecule has 0 bridgehead atoms. The summed E-state index contributed by atoms with van der Waals surface area (Å²) in [5, 5.41) is 0. The number of allylic oxidation sites excluding steroid dienone is 5. The quantitative estimate of drug-likeness (QED) is 0.493. The number of rotatable bonds is 2. The smallest absolute Gasteiger partial charge is 0.0373 e.